The van der Waals surface area contributed by atoms with Crippen molar-refractivity contribution in [2.24, 2.45) is 0 Å². The third-order valence-electron chi connectivity index (χ3n) is 5.93. The number of methoxy groups -OCH3 is 1. The lowest BCUT2D eigenvalue weighted by atomic mass is 10.0. The Kier molecular flexibility index (Phi) is 8.80. The first-order chi connectivity index (χ1) is 17.4. The Morgan fingerprint density at radius 2 is 1.86 bits per heavy atom. The van der Waals surface area contributed by atoms with Gasteiger partial charge in [-0.15, -0.1) is 11.8 Å². The summed E-state index contributed by atoms with van der Waals surface area (Å²) < 4.78 is 11.3. The zero-order valence-corrected chi connectivity index (χ0v) is 22.2. The van der Waals surface area contributed by atoms with Gasteiger partial charge in [-0.25, -0.2) is 0 Å². The van der Waals surface area contributed by atoms with Gasteiger partial charge in [-0.05, 0) is 54.4 Å². The molecule has 4 rings (SSSR count). The SMILES string of the molecule is COC(=O)C1CSCN1CNC(=O)c1ccc(OC(c2ccc(Cl)cc2)c2ccccc2Cl)c(C)c1. The monoisotopic (exact) mass is 544 g/mol. The highest BCUT2D eigenvalue weighted by Crippen LogP contribution is 2.34. The van der Waals surface area contributed by atoms with Crippen molar-refractivity contribution >= 4 is 46.8 Å². The molecule has 0 aliphatic carbocycles. The number of rotatable bonds is 8. The fourth-order valence-corrected chi connectivity index (χ4v) is 5.49. The molecule has 1 heterocycles. The molecule has 1 saturated heterocycles. The summed E-state index contributed by atoms with van der Waals surface area (Å²) in [6.07, 6.45) is -0.461. The number of ether oxygens (including phenoxy) is 2. The summed E-state index contributed by atoms with van der Waals surface area (Å²) in [5, 5.41) is 4.12. The van der Waals surface area contributed by atoms with Crippen molar-refractivity contribution in [2.45, 2.75) is 19.1 Å². The predicted molar refractivity (Wildman–Crippen MR) is 144 cm³/mol. The van der Waals surface area contributed by atoms with E-state index >= 15 is 0 Å². The standard InChI is InChI=1S/C27H26Cl2N2O4S/c1-17-13-19(26(32)30-15-31-16-36-14-23(31)27(33)34-2)9-12-24(17)35-25(18-7-10-20(28)11-8-18)21-5-3-4-6-22(21)29/h3-13,23,25H,14-16H2,1-2H3,(H,30,32). The number of benzene rings is 3. The van der Waals surface area contributed by atoms with E-state index in [-0.39, 0.29) is 24.6 Å². The summed E-state index contributed by atoms with van der Waals surface area (Å²) in [7, 11) is 1.37. The van der Waals surface area contributed by atoms with Crippen molar-refractivity contribution in [3.05, 3.63) is 99.0 Å². The van der Waals surface area contributed by atoms with Crippen molar-refractivity contribution < 1.29 is 19.1 Å². The highest BCUT2D eigenvalue weighted by molar-refractivity contribution is 7.99. The molecular weight excluding hydrogens is 519 g/mol. The molecule has 6 nitrogen and oxygen atoms in total. The van der Waals surface area contributed by atoms with Gasteiger partial charge >= 0.3 is 5.97 Å². The minimum atomic E-state index is -0.461. The number of amides is 1. The van der Waals surface area contributed by atoms with Gasteiger partial charge in [0.25, 0.3) is 5.91 Å². The van der Waals surface area contributed by atoms with Crippen molar-refractivity contribution in [1.82, 2.24) is 10.2 Å². The van der Waals surface area contributed by atoms with E-state index in [1.807, 2.05) is 60.4 Å². The van der Waals surface area contributed by atoms with Crippen LogP contribution in [-0.4, -0.2) is 48.2 Å². The Bertz CT molecular complexity index is 1240. The lowest BCUT2D eigenvalue weighted by Crippen LogP contribution is -2.45. The molecule has 2 atom stereocenters. The zero-order valence-electron chi connectivity index (χ0n) is 19.9. The molecule has 0 saturated carbocycles. The number of nitrogens with zero attached hydrogens (tertiary/aromatic N) is 1. The maximum Gasteiger partial charge on any atom is 0.324 e. The first-order valence-electron chi connectivity index (χ1n) is 11.3. The number of hydrogen-bond donors (Lipinski definition) is 1. The molecule has 0 aromatic heterocycles. The summed E-state index contributed by atoms with van der Waals surface area (Å²) in [4.78, 5) is 26.6. The molecule has 0 radical (unpaired) electrons. The molecule has 1 fully saturated rings. The normalized spacial score (nSPS) is 16.4. The quantitative estimate of drug-likeness (QED) is 0.366. The number of nitrogens with one attached hydrogen (secondary N) is 1. The maximum atomic E-state index is 12.8. The second kappa shape index (κ2) is 12.0. The second-order valence-electron chi connectivity index (χ2n) is 8.34. The molecule has 1 aliphatic rings. The van der Waals surface area contributed by atoms with Crippen LogP contribution < -0.4 is 10.1 Å². The molecule has 9 heteroatoms. The van der Waals surface area contributed by atoms with Gasteiger partial charge in [0.1, 0.15) is 11.8 Å². The van der Waals surface area contributed by atoms with Crippen LogP contribution >= 0.6 is 35.0 Å². The van der Waals surface area contributed by atoms with E-state index in [0.29, 0.717) is 33.0 Å². The molecule has 3 aromatic rings. The Labute approximate surface area is 224 Å². The van der Waals surface area contributed by atoms with Gasteiger partial charge < -0.3 is 14.8 Å². The zero-order chi connectivity index (χ0) is 25.7. The molecule has 36 heavy (non-hydrogen) atoms. The van der Waals surface area contributed by atoms with E-state index in [0.717, 1.165) is 16.7 Å². The van der Waals surface area contributed by atoms with Gasteiger partial charge in [-0.1, -0.05) is 53.5 Å². The van der Waals surface area contributed by atoms with Crippen molar-refractivity contribution in [1.29, 1.82) is 0 Å². The summed E-state index contributed by atoms with van der Waals surface area (Å²) in [5.41, 5.74) is 3.03. The summed E-state index contributed by atoms with van der Waals surface area (Å²) >= 11 is 14.2. The number of carbonyl (C=O) groups excluding carboxylic acids is 2. The van der Waals surface area contributed by atoms with Crippen LogP contribution in [-0.2, 0) is 9.53 Å². The van der Waals surface area contributed by atoms with Crippen LogP contribution in [0.15, 0.2) is 66.7 Å². The number of hydrogen-bond acceptors (Lipinski definition) is 6. The average molecular weight is 545 g/mol. The van der Waals surface area contributed by atoms with Gasteiger partial charge in [0.05, 0.1) is 13.8 Å². The lowest BCUT2D eigenvalue weighted by Gasteiger charge is -2.23. The average Bonchev–Trinajstić information content (AvgIpc) is 3.36. The minimum absolute atomic E-state index is 0.231. The second-order valence-corrected chi connectivity index (χ2v) is 10.2. The van der Waals surface area contributed by atoms with Crippen LogP contribution in [0.5, 0.6) is 5.75 Å². The van der Waals surface area contributed by atoms with E-state index in [4.69, 9.17) is 32.7 Å². The number of carbonyl (C=O) groups is 2. The molecule has 1 amide bonds. The smallest absolute Gasteiger partial charge is 0.324 e. The highest BCUT2D eigenvalue weighted by Gasteiger charge is 2.32. The minimum Gasteiger partial charge on any atom is -0.481 e. The first kappa shape index (κ1) is 26.4. The van der Waals surface area contributed by atoms with E-state index in [2.05, 4.69) is 5.32 Å². The number of aryl methyl sites for hydroxylation is 1. The molecule has 0 bridgehead atoms. The van der Waals surface area contributed by atoms with Gasteiger partial charge in [-0.2, -0.15) is 0 Å². The molecule has 2 unspecified atom stereocenters. The van der Waals surface area contributed by atoms with Crippen LogP contribution in [0, 0.1) is 6.92 Å². The number of esters is 1. The lowest BCUT2D eigenvalue weighted by molar-refractivity contribution is -0.145. The van der Waals surface area contributed by atoms with Crippen molar-refractivity contribution in [3.8, 4) is 5.75 Å². The molecular formula is C27H26Cl2N2O4S. The third kappa shape index (κ3) is 6.16. The molecule has 1 aliphatic heterocycles. The van der Waals surface area contributed by atoms with E-state index in [1.54, 1.807) is 30.0 Å². The van der Waals surface area contributed by atoms with Gasteiger partial charge in [0.15, 0.2) is 6.10 Å². The van der Waals surface area contributed by atoms with Crippen LogP contribution in [0.1, 0.15) is 33.2 Å². The topological polar surface area (TPSA) is 67.9 Å². The largest absolute Gasteiger partial charge is 0.481 e. The van der Waals surface area contributed by atoms with Gasteiger partial charge in [-0.3, -0.25) is 14.5 Å². The molecule has 0 spiro atoms. The first-order valence-corrected chi connectivity index (χ1v) is 13.2. The van der Waals surface area contributed by atoms with Crippen LogP contribution in [0.4, 0.5) is 0 Å². The Balaban J connectivity index is 1.50. The fraction of sp³-hybridized carbons (Fsp3) is 0.259. The Morgan fingerprint density at radius 3 is 2.56 bits per heavy atom. The molecule has 1 N–H and O–H groups in total. The van der Waals surface area contributed by atoms with Gasteiger partial charge in [0, 0.05) is 32.8 Å². The molecule has 3 aromatic carbocycles. The van der Waals surface area contributed by atoms with Gasteiger partial charge in [0.2, 0.25) is 0 Å². The molecule has 188 valence electrons. The van der Waals surface area contributed by atoms with E-state index in [1.165, 1.54) is 7.11 Å². The summed E-state index contributed by atoms with van der Waals surface area (Å²) in [6, 6.07) is 19.9. The van der Waals surface area contributed by atoms with E-state index < -0.39 is 6.10 Å². The Hall–Kier alpha value is -2.71. The summed E-state index contributed by atoms with van der Waals surface area (Å²) in [5.74, 6) is 1.41. The summed E-state index contributed by atoms with van der Waals surface area (Å²) in [6.45, 7) is 2.15. The Morgan fingerprint density at radius 1 is 1.11 bits per heavy atom. The van der Waals surface area contributed by atoms with Crippen molar-refractivity contribution in [3.63, 3.8) is 0 Å². The van der Waals surface area contributed by atoms with Crippen LogP contribution in [0.2, 0.25) is 10.0 Å². The van der Waals surface area contributed by atoms with Crippen molar-refractivity contribution in [2.75, 3.05) is 25.4 Å². The van der Waals surface area contributed by atoms with Crippen LogP contribution in [0.3, 0.4) is 0 Å². The fourth-order valence-electron chi connectivity index (χ4n) is 3.95. The maximum absolute atomic E-state index is 12.8. The van der Waals surface area contributed by atoms with E-state index in [9.17, 15) is 9.59 Å². The third-order valence-corrected chi connectivity index (χ3v) is 7.59. The number of thioether (sulfide) groups is 1. The predicted octanol–water partition coefficient (Wildman–Crippen LogP) is 5.71. The van der Waals surface area contributed by atoms with Crippen LogP contribution in [0.25, 0.3) is 0 Å². The highest BCUT2D eigenvalue weighted by atomic mass is 35.5. The number of halogens is 2.